The van der Waals surface area contributed by atoms with Crippen LogP contribution in [-0.2, 0) is 9.53 Å². The molecule has 0 saturated heterocycles. The molecular weight excluding hydrogens is 264 g/mol. The second kappa shape index (κ2) is 6.66. The molecule has 2 aliphatic rings. The molecule has 0 spiro atoms. The number of carbonyl (C=O) groups excluding carboxylic acids is 1. The van der Waals surface area contributed by atoms with Gasteiger partial charge in [-0.1, -0.05) is 20.8 Å². The highest BCUT2D eigenvalue weighted by atomic mass is 16.5. The van der Waals surface area contributed by atoms with E-state index in [0.29, 0.717) is 31.0 Å². The fourth-order valence-electron chi connectivity index (χ4n) is 3.31. The van der Waals surface area contributed by atoms with Gasteiger partial charge in [0.2, 0.25) is 5.91 Å². The molecule has 0 bridgehead atoms. The first-order valence-electron chi connectivity index (χ1n) is 8.48. The molecular formula is C17H32N2O2. The quantitative estimate of drug-likeness (QED) is 0.792. The van der Waals surface area contributed by atoms with Crippen molar-refractivity contribution in [2.24, 2.45) is 17.1 Å². The predicted molar refractivity (Wildman–Crippen MR) is 84.9 cm³/mol. The molecule has 0 aromatic heterocycles. The molecule has 0 atom stereocenters. The van der Waals surface area contributed by atoms with Crippen molar-refractivity contribution in [3.63, 3.8) is 0 Å². The Morgan fingerprint density at radius 3 is 2.33 bits per heavy atom. The number of amides is 1. The van der Waals surface area contributed by atoms with Crippen LogP contribution in [0.4, 0.5) is 0 Å². The van der Waals surface area contributed by atoms with Gasteiger partial charge in [-0.3, -0.25) is 4.79 Å². The lowest BCUT2D eigenvalue weighted by atomic mass is 9.68. The van der Waals surface area contributed by atoms with Crippen molar-refractivity contribution in [1.29, 1.82) is 0 Å². The monoisotopic (exact) mass is 296 g/mol. The van der Waals surface area contributed by atoms with Gasteiger partial charge in [-0.05, 0) is 49.9 Å². The van der Waals surface area contributed by atoms with Gasteiger partial charge in [0.05, 0.1) is 12.2 Å². The molecule has 0 aromatic rings. The molecule has 0 unspecified atom stereocenters. The number of hydrogen-bond donors (Lipinski definition) is 2. The zero-order chi connectivity index (χ0) is 15.5. The molecule has 4 nitrogen and oxygen atoms in total. The van der Waals surface area contributed by atoms with Crippen LogP contribution in [0.3, 0.4) is 0 Å². The van der Waals surface area contributed by atoms with Gasteiger partial charge in [0.15, 0.2) is 0 Å². The Bertz CT molecular complexity index is 350. The average Bonchev–Trinajstić information content (AvgIpc) is 3.22. The Morgan fingerprint density at radius 2 is 1.86 bits per heavy atom. The van der Waals surface area contributed by atoms with Crippen LogP contribution in [0.1, 0.15) is 65.7 Å². The summed E-state index contributed by atoms with van der Waals surface area (Å²) in [5, 5.41) is 3.00. The second-order valence-corrected chi connectivity index (χ2v) is 7.97. The van der Waals surface area contributed by atoms with E-state index >= 15 is 0 Å². The van der Waals surface area contributed by atoms with Crippen LogP contribution in [0.25, 0.3) is 0 Å². The molecule has 21 heavy (non-hydrogen) atoms. The first-order chi connectivity index (χ1) is 9.85. The molecule has 2 fully saturated rings. The SMILES string of the molecule is CC(C)(C)C1CCC(CN)(OCCC(=O)NC2CC2)CC1. The van der Waals surface area contributed by atoms with Crippen LogP contribution in [0.15, 0.2) is 0 Å². The minimum Gasteiger partial charge on any atom is -0.373 e. The maximum absolute atomic E-state index is 11.7. The molecule has 0 radical (unpaired) electrons. The molecule has 0 heterocycles. The third-order valence-electron chi connectivity index (χ3n) is 5.17. The summed E-state index contributed by atoms with van der Waals surface area (Å²) in [6.07, 6.45) is 7.12. The number of rotatable bonds is 6. The van der Waals surface area contributed by atoms with E-state index in [4.69, 9.17) is 10.5 Å². The van der Waals surface area contributed by atoms with Crippen molar-refractivity contribution in [3.05, 3.63) is 0 Å². The van der Waals surface area contributed by atoms with E-state index < -0.39 is 0 Å². The summed E-state index contributed by atoms with van der Waals surface area (Å²) < 4.78 is 6.07. The van der Waals surface area contributed by atoms with Crippen molar-refractivity contribution in [2.75, 3.05) is 13.2 Å². The van der Waals surface area contributed by atoms with E-state index in [1.54, 1.807) is 0 Å². The molecule has 0 aliphatic heterocycles. The first kappa shape index (κ1) is 16.8. The summed E-state index contributed by atoms with van der Waals surface area (Å²) in [6, 6.07) is 0.434. The van der Waals surface area contributed by atoms with Crippen molar-refractivity contribution >= 4 is 5.91 Å². The number of carbonyl (C=O) groups is 1. The lowest BCUT2D eigenvalue weighted by Gasteiger charge is -2.43. The van der Waals surface area contributed by atoms with E-state index in [0.717, 1.165) is 31.6 Å². The summed E-state index contributed by atoms with van der Waals surface area (Å²) in [5.41, 5.74) is 6.15. The molecule has 0 aromatic carbocycles. The Hall–Kier alpha value is -0.610. The minimum atomic E-state index is -0.193. The van der Waals surface area contributed by atoms with E-state index in [1.807, 2.05) is 0 Å². The van der Waals surface area contributed by atoms with Gasteiger partial charge in [0.1, 0.15) is 0 Å². The molecule has 2 aliphatic carbocycles. The zero-order valence-electron chi connectivity index (χ0n) is 13.9. The normalized spacial score (nSPS) is 30.2. The Kier molecular flexibility index (Phi) is 5.31. The maximum atomic E-state index is 11.7. The predicted octanol–water partition coefficient (Wildman–Crippen LogP) is 2.61. The number of nitrogens with two attached hydrogens (primary N) is 1. The molecule has 2 rings (SSSR count). The number of nitrogens with one attached hydrogen (secondary N) is 1. The van der Waals surface area contributed by atoms with Crippen molar-refractivity contribution in [3.8, 4) is 0 Å². The largest absolute Gasteiger partial charge is 0.373 e. The fourth-order valence-corrected chi connectivity index (χ4v) is 3.31. The Morgan fingerprint density at radius 1 is 1.24 bits per heavy atom. The number of ether oxygens (including phenoxy) is 1. The molecule has 122 valence electrons. The molecule has 3 N–H and O–H groups in total. The van der Waals surface area contributed by atoms with Gasteiger partial charge < -0.3 is 15.8 Å². The molecule has 2 saturated carbocycles. The highest BCUT2D eigenvalue weighted by Crippen LogP contribution is 2.42. The van der Waals surface area contributed by atoms with Crippen molar-refractivity contribution < 1.29 is 9.53 Å². The average molecular weight is 296 g/mol. The molecule has 4 heteroatoms. The zero-order valence-corrected chi connectivity index (χ0v) is 13.9. The Balaban J connectivity index is 1.73. The Labute approximate surface area is 129 Å². The van der Waals surface area contributed by atoms with Gasteiger partial charge in [-0.25, -0.2) is 0 Å². The lowest BCUT2D eigenvalue weighted by molar-refractivity contribution is -0.126. The first-order valence-corrected chi connectivity index (χ1v) is 8.48. The topological polar surface area (TPSA) is 64.3 Å². The van der Waals surface area contributed by atoms with E-state index in [2.05, 4.69) is 26.1 Å². The smallest absolute Gasteiger partial charge is 0.222 e. The summed E-state index contributed by atoms with van der Waals surface area (Å²) in [4.78, 5) is 11.7. The lowest BCUT2D eigenvalue weighted by Crippen LogP contribution is -2.46. The highest BCUT2D eigenvalue weighted by Gasteiger charge is 2.38. The van der Waals surface area contributed by atoms with Crippen LogP contribution in [0.5, 0.6) is 0 Å². The summed E-state index contributed by atoms with van der Waals surface area (Å²) in [7, 11) is 0. The standard InChI is InChI=1S/C17H32N2O2/c1-16(2,3)13-6-9-17(12-18,10-7-13)21-11-8-15(20)19-14-4-5-14/h13-14H,4-12,18H2,1-3H3,(H,19,20). The fraction of sp³-hybridized carbons (Fsp3) is 0.941. The van der Waals surface area contributed by atoms with Crippen LogP contribution >= 0.6 is 0 Å². The third kappa shape index (κ3) is 4.96. The summed E-state index contributed by atoms with van der Waals surface area (Å²) in [5.74, 6) is 0.868. The van der Waals surface area contributed by atoms with Gasteiger partial charge >= 0.3 is 0 Å². The van der Waals surface area contributed by atoms with E-state index in [1.165, 1.54) is 12.8 Å². The van der Waals surface area contributed by atoms with Gasteiger partial charge in [-0.2, -0.15) is 0 Å². The third-order valence-corrected chi connectivity index (χ3v) is 5.17. The summed E-state index contributed by atoms with van der Waals surface area (Å²) >= 11 is 0. The second-order valence-electron chi connectivity index (χ2n) is 7.97. The minimum absolute atomic E-state index is 0.119. The van der Waals surface area contributed by atoms with Crippen LogP contribution < -0.4 is 11.1 Å². The van der Waals surface area contributed by atoms with E-state index in [-0.39, 0.29) is 11.5 Å². The maximum Gasteiger partial charge on any atom is 0.222 e. The van der Waals surface area contributed by atoms with Crippen LogP contribution in [-0.4, -0.2) is 30.7 Å². The van der Waals surface area contributed by atoms with Crippen LogP contribution in [0.2, 0.25) is 0 Å². The van der Waals surface area contributed by atoms with Gasteiger partial charge in [0.25, 0.3) is 0 Å². The van der Waals surface area contributed by atoms with Crippen LogP contribution in [0, 0.1) is 11.3 Å². The van der Waals surface area contributed by atoms with Gasteiger partial charge in [0, 0.05) is 19.0 Å². The highest BCUT2D eigenvalue weighted by molar-refractivity contribution is 5.76. The van der Waals surface area contributed by atoms with Crippen molar-refractivity contribution in [2.45, 2.75) is 77.4 Å². The molecule has 1 amide bonds. The number of hydrogen-bond acceptors (Lipinski definition) is 3. The van der Waals surface area contributed by atoms with Crippen molar-refractivity contribution in [1.82, 2.24) is 5.32 Å². The van der Waals surface area contributed by atoms with E-state index in [9.17, 15) is 4.79 Å². The summed E-state index contributed by atoms with van der Waals surface area (Å²) in [6.45, 7) is 8.01. The van der Waals surface area contributed by atoms with Gasteiger partial charge in [-0.15, -0.1) is 0 Å².